The molecule has 0 heterocycles. The smallest absolute Gasteiger partial charge is 0.0438 e. The second-order valence-corrected chi connectivity index (χ2v) is 10.4. The molecule has 0 aliphatic carbocycles. The second kappa shape index (κ2) is 13.2. The molecule has 0 nitrogen and oxygen atoms in total. The molecule has 0 N–H and O–H groups in total. The summed E-state index contributed by atoms with van der Waals surface area (Å²) in [5.74, 6) is 6.23. The summed E-state index contributed by atoms with van der Waals surface area (Å²) in [6, 6.07) is 0. The second-order valence-electron chi connectivity index (χ2n) is 10.4. The molecule has 0 fully saturated rings. The van der Waals surface area contributed by atoms with E-state index in [0.717, 1.165) is 41.4 Å². The lowest BCUT2D eigenvalue weighted by Crippen LogP contribution is -2.09. The van der Waals surface area contributed by atoms with Gasteiger partial charge in [-0.1, -0.05) is 88.0 Å². The summed E-state index contributed by atoms with van der Waals surface area (Å²) in [5.41, 5.74) is 0. The van der Waals surface area contributed by atoms with Crippen LogP contribution in [0.25, 0.3) is 0 Å². The lowest BCUT2D eigenvalue weighted by molar-refractivity contribution is 0.300. The molecule has 0 saturated heterocycles. The third-order valence-corrected chi connectivity index (χ3v) is 5.66. The first-order chi connectivity index (χ1) is 11.1. The number of hydrogen-bond acceptors (Lipinski definition) is 0. The van der Waals surface area contributed by atoms with Crippen LogP contribution in [0, 0.1) is 41.4 Å². The average molecular weight is 339 g/mol. The van der Waals surface area contributed by atoms with Crippen LogP contribution in [0.4, 0.5) is 0 Å². The van der Waals surface area contributed by atoms with Crippen LogP contribution < -0.4 is 0 Å². The van der Waals surface area contributed by atoms with Crippen LogP contribution in [-0.2, 0) is 0 Å². The summed E-state index contributed by atoms with van der Waals surface area (Å²) in [6.07, 6.45) is 11.4. The van der Waals surface area contributed by atoms with E-state index in [-0.39, 0.29) is 0 Å². The van der Waals surface area contributed by atoms with Crippen LogP contribution in [0.15, 0.2) is 0 Å². The van der Waals surface area contributed by atoms with Gasteiger partial charge in [-0.15, -0.1) is 0 Å². The van der Waals surface area contributed by atoms with Crippen LogP contribution >= 0.6 is 0 Å². The molecule has 146 valence electrons. The predicted octanol–water partition coefficient (Wildman–Crippen LogP) is 8.60. The SMILES string of the molecule is CC(C)CC(C)CC(C)CCC(C)CCC(C)CC(C)CC(C)C. The summed E-state index contributed by atoms with van der Waals surface area (Å²) in [6.45, 7) is 21.7. The van der Waals surface area contributed by atoms with E-state index in [4.69, 9.17) is 0 Å². The van der Waals surface area contributed by atoms with Crippen molar-refractivity contribution < 1.29 is 0 Å². The van der Waals surface area contributed by atoms with Gasteiger partial charge < -0.3 is 0 Å². The zero-order valence-electron chi connectivity index (χ0n) is 18.7. The molecule has 0 aromatic carbocycles. The first kappa shape index (κ1) is 24.0. The molecule has 0 saturated carbocycles. The Morgan fingerprint density at radius 3 is 0.917 bits per heavy atom. The van der Waals surface area contributed by atoms with E-state index in [9.17, 15) is 0 Å². The third kappa shape index (κ3) is 14.4. The van der Waals surface area contributed by atoms with Gasteiger partial charge in [-0.25, -0.2) is 0 Å². The van der Waals surface area contributed by atoms with E-state index in [0.29, 0.717) is 0 Å². The first-order valence-corrected chi connectivity index (χ1v) is 11.1. The monoisotopic (exact) mass is 338 g/mol. The molecule has 4 unspecified atom stereocenters. The van der Waals surface area contributed by atoms with Crippen LogP contribution in [0.1, 0.15) is 114 Å². The minimum atomic E-state index is 0.852. The quantitative estimate of drug-likeness (QED) is 0.297. The summed E-state index contributed by atoms with van der Waals surface area (Å²) in [7, 11) is 0. The molecule has 0 aromatic rings. The molecule has 0 rings (SSSR count). The van der Waals surface area contributed by atoms with Crippen molar-refractivity contribution in [2.75, 3.05) is 0 Å². The molecule has 0 amide bonds. The fourth-order valence-corrected chi connectivity index (χ4v) is 4.69. The Kier molecular flexibility index (Phi) is 13.2. The van der Waals surface area contributed by atoms with Gasteiger partial charge in [0.25, 0.3) is 0 Å². The van der Waals surface area contributed by atoms with Crippen molar-refractivity contribution in [2.24, 2.45) is 41.4 Å². The van der Waals surface area contributed by atoms with Gasteiger partial charge in [0.05, 0.1) is 0 Å². The van der Waals surface area contributed by atoms with E-state index >= 15 is 0 Å². The standard InChI is InChI=1S/C24H50/c1-18(2)14-23(8)16-21(6)12-10-20(5)11-13-22(7)17-24(9)15-19(3)4/h18-24H,10-17H2,1-9H3. The number of hydrogen-bond donors (Lipinski definition) is 0. The van der Waals surface area contributed by atoms with Crippen LogP contribution in [0.2, 0.25) is 0 Å². The molecular weight excluding hydrogens is 288 g/mol. The first-order valence-electron chi connectivity index (χ1n) is 11.1. The molecule has 0 radical (unpaired) electrons. The van der Waals surface area contributed by atoms with Crippen molar-refractivity contribution in [3.05, 3.63) is 0 Å². The van der Waals surface area contributed by atoms with E-state index in [1.807, 2.05) is 0 Å². The molecule has 24 heavy (non-hydrogen) atoms. The van der Waals surface area contributed by atoms with Crippen LogP contribution in [0.3, 0.4) is 0 Å². The lowest BCUT2D eigenvalue weighted by Gasteiger charge is -2.22. The Morgan fingerprint density at radius 2 is 0.625 bits per heavy atom. The maximum atomic E-state index is 2.48. The van der Waals surface area contributed by atoms with Gasteiger partial charge in [0.1, 0.15) is 0 Å². The summed E-state index contributed by atoms with van der Waals surface area (Å²) in [5, 5.41) is 0. The lowest BCUT2D eigenvalue weighted by atomic mass is 9.84. The normalized spacial score (nSPS) is 18.6. The molecule has 0 aromatic heterocycles. The topological polar surface area (TPSA) is 0 Å². The van der Waals surface area contributed by atoms with Gasteiger partial charge in [0.15, 0.2) is 0 Å². The van der Waals surface area contributed by atoms with E-state index in [1.165, 1.54) is 51.4 Å². The van der Waals surface area contributed by atoms with E-state index in [2.05, 4.69) is 62.3 Å². The van der Waals surface area contributed by atoms with Crippen molar-refractivity contribution >= 4 is 0 Å². The van der Waals surface area contributed by atoms with Gasteiger partial charge >= 0.3 is 0 Å². The maximum absolute atomic E-state index is 2.48. The van der Waals surface area contributed by atoms with Crippen LogP contribution in [-0.4, -0.2) is 0 Å². The zero-order chi connectivity index (χ0) is 18.7. The van der Waals surface area contributed by atoms with Gasteiger partial charge in [0.2, 0.25) is 0 Å². The van der Waals surface area contributed by atoms with Crippen molar-refractivity contribution in [2.45, 2.75) is 114 Å². The maximum Gasteiger partial charge on any atom is -0.0438 e. The Morgan fingerprint density at radius 1 is 0.333 bits per heavy atom. The Labute approximate surface area is 155 Å². The van der Waals surface area contributed by atoms with Crippen molar-refractivity contribution in [3.63, 3.8) is 0 Å². The minimum absolute atomic E-state index is 0.852. The minimum Gasteiger partial charge on any atom is -0.0628 e. The molecule has 0 spiro atoms. The average Bonchev–Trinajstić information content (AvgIpc) is 2.40. The van der Waals surface area contributed by atoms with Crippen molar-refractivity contribution in [3.8, 4) is 0 Å². The summed E-state index contributed by atoms with van der Waals surface area (Å²) in [4.78, 5) is 0. The summed E-state index contributed by atoms with van der Waals surface area (Å²) < 4.78 is 0. The van der Waals surface area contributed by atoms with Gasteiger partial charge in [0, 0.05) is 0 Å². The Balaban J connectivity index is 3.83. The summed E-state index contributed by atoms with van der Waals surface area (Å²) >= 11 is 0. The molecular formula is C24H50. The Bertz CT molecular complexity index is 250. The van der Waals surface area contributed by atoms with Crippen molar-refractivity contribution in [1.82, 2.24) is 0 Å². The third-order valence-electron chi connectivity index (χ3n) is 5.66. The molecule has 0 aliphatic rings. The van der Waals surface area contributed by atoms with Gasteiger partial charge in [-0.2, -0.15) is 0 Å². The molecule has 0 heteroatoms. The number of rotatable bonds is 14. The fraction of sp³-hybridized carbons (Fsp3) is 1.00. The Hall–Kier alpha value is 0. The molecule has 0 bridgehead atoms. The highest BCUT2D eigenvalue weighted by atomic mass is 14.2. The fourth-order valence-electron chi connectivity index (χ4n) is 4.69. The predicted molar refractivity (Wildman–Crippen MR) is 112 cm³/mol. The van der Waals surface area contributed by atoms with Gasteiger partial charge in [-0.3, -0.25) is 0 Å². The van der Waals surface area contributed by atoms with Crippen LogP contribution in [0.5, 0.6) is 0 Å². The van der Waals surface area contributed by atoms with Crippen molar-refractivity contribution in [1.29, 1.82) is 0 Å². The van der Waals surface area contributed by atoms with E-state index < -0.39 is 0 Å². The van der Waals surface area contributed by atoms with E-state index in [1.54, 1.807) is 0 Å². The highest BCUT2D eigenvalue weighted by Gasteiger charge is 2.14. The highest BCUT2D eigenvalue weighted by Crippen LogP contribution is 2.27. The molecule has 0 aliphatic heterocycles. The highest BCUT2D eigenvalue weighted by molar-refractivity contribution is 4.66. The zero-order valence-corrected chi connectivity index (χ0v) is 18.7. The van der Waals surface area contributed by atoms with Gasteiger partial charge in [-0.05, 0) is 67.1 Å². The molecule has 4 atom stereocenters. The largest absolute Gasteiger partial charge is 0.0628 e.